The third-order valence-electron chi connectivity index (χ3n) is 2.96. The van der Waals surface area contributed by atoms with Gasteiger partial charge in [0.1, 0.15) is 11.0 Å². The molecule has 2 heterocycles. The molecule has 3 aromatic rings. The van der Waals surface area contributed by atoms with E-state index in [-0.39, 0.29) is 4.90 Å². The van der Waals surface area contributed by atoms with Gasteiger partial charge in [-0.3, -0.25) is 0 Å². The van der Waals surface area contributed by atoms with Gasteiger partial charge in [-0.15, -0.1) is 9.19 Å². The quantitative estimate of drug-likeness (QED) is 0.486. The molecule has 2 aromatic carbocycles. The van der Waals surface area contributed by atoms with E-state index >= 15 is 0 Å². The molecule has 0 fully saturated rings. The molecule has 0 spiro atoms. The highest BCUT2D eigenvalue weighted by atomic mass is 35.5. The van der Waals surface area contributed by atoms with E-state index in [1.54, 1.807) is 24.3 Å². The van der Waals surface area contributed by atoms with Crippen LogP contribution in [0.3, 0.4) is 0 Å². The first-order chi connectivity index (χ1) is 8.10. The first kappa shape index (κ1) is 9.38. The van der Waals surface area contributed by atoms with Crippen LogP contribution in [0.5, 0.6) is 0 Å². The maximum absolute atomic E-state index is 12.2. The average molecular weight is 266 g/mol. The molecule has 17 heavy (non-hydrogen) atoms. The molecule has 0 amide bonds. The Hall–Kier alpha value is -1.66. The van der Waals surface area contributed by atoms with Crippen molar-refractivity contribution in [1.82, 2.24) is 14.4 Å². The molecular weight excluding hydrogens is 262 g/mol. The molecule has 1 aromatic heterocycles. The van der Waals surface area contributed by atoms with Gasteiger partial charge < -0.3 is 0 Å². The molecule has 0 unspecified atom stereocenters. The fourth-order valence-electron chi connectivity index (χ4n) is 2.25. The van der Waals surface area contributed by atoms with Crippen LogP contribution >= 0.6 is 11.6 Å². The fraction of sp³-hybridized carbons (Fsp3) is 0. The zero-order valence-corrected chi connectivity index (χ0v) is 9.83. The van der Waals surface area contributed by atoms with Gasteiger partial charge in [0.2, 0.25) is 0 Å². The molecule has 5 nitrogen and oxygen atoms in total. The number of nitrogens with zero attached hydrogens (tertiary/aromatic N) is 3. The van der Waals surface area contributed by atoms with Crippen LogP contribution in [0, 0.1) is 0 Å². The lowest BCUT2D eigenvalue weighted by Gasteiger charge is -2.00. The standard InChI is InChI=1S/C10H4ClN3O2S/c11-6-4-7-10-9-5(6)2-1-3-8(9)17(15,16)14(10)13-12-7/h1-4H. The predicted molar refractivity (Wildman–Crippen MR) is 62.6 cm³/mol. The van der Waals surface area contributed by atoms with Gasteiger partial charge in [-0.25, -0.2) is 0 Å². The van der Waals surface area contributed by atoms with Crippen LogP contribution in [0.25, 0.3) is 21.8 Å². The molecule has 1 aliphatic heterocycles. The normalized spacial score (nSPS) is 16.3. The monoisotopic (exact) mass is 265 g/mol. The molecule has 84 valence electrons. The summed E-state index contributed by atoms with van der Waals surface area (Å²) in [5.74, 6) is 0. The number of halogens is 1. The largest absolute Gasteiger partial charge is 0.285 e. The van der Waals surface area contributed by atoms with Crippen molar-refractivity contribution < 1.29 is 8.42 Å². The summed E-state index contributed by atoms with van der Waals surface area (Å²) >= 11 is 6.11. The Bertz CT molecular complexity index is 914. The number of rotatable bonds is 0. The van der Waals surface area contributed by atoms with Crippen molar-refractivity contribution in [1.29, 1.82) is 0 Å². The van der Waals surface area contributed by atoms with E-state index in [4.69, 9.17) is 11.6 Å². The Labute approximate surface area is 101 Å². The molecular formula is C10H4ClN3O2S. The highest BCUT2D eigenvalue weighted by Gasteiger charge is 2.33. The van der Waals surface area contributed by atoms with Crippen LogP contribution < -0.4 is 0 Å². The van der Waals surface area contributed by atoms with Crippen molar-refractivity contribution in [2.75, 3.05) is 0 Å². The van der Waals surface area contributed by atoms with E-state index in [9.17, 15) is 8.42 Å². The molecule has 4 rings (SSSR count). The smallest absolute Gasteiger partial charge is 0.199 e. The average Bonchev–Trinajstić information content (AvgIpc) is 2.80. The van der Waals surface area contributed by atoms with Crippen molar-refractivity contribution in [3.8, 4) is 0 Å². The third kappa shape index (κ3) is 0.897. The number of benzene rings is 2. The van der Waals surface area contributed by atoms with E-state index < -0.39 is 10.0 Å². The topological polar surface area (TPSA) is 64.8 Å². The molecule has 1 aliphatic rings. The van der Waals surface area contributed by atoms with Gasteiger partial charge in [-0.05, 0) is 12.1 Å². The molecule has 0 atom stereocenters. The van der Waals surface area contributed by atoms with Gasteiger partial charge in [0.05, 0.1) is 9.92 Å². The van der Waals surface area contributed by atoms with E-state index in [0.717, 1.165) is 4.09 Å². The summed E-state index contributed by atoms with van der Waals surface area (Å²) in [5.41, 5.74) is 1.01. The number of aromatic nitrogens is 3. The maximum atomic E-state index is 12.2. The minimum atomic E-state index is -3.60. The summed E-state index contributed by atoms with van der Waals surface area (Å²) in [6, 6.07) is 6.65. The van der Waals surface area contributed by atoms with Gasteiger partial charge in [-0.2, -0.15) is 8.42 Å². The van der Waals surface area contributed by atoms with Crippen molar-refractivity contribution in [3.63, 3.8) is 0 Å². The van der Waals surface area contributed by atoms with Crippen LogP contribution in [-0.4, -0.2) is 22.8 Å². The molecule has 0 N–H and O–H groups in total. The second-order valence-corrected chi connectivity index (χ2v) is 5.99. The van der Waals surface area contributed by atoms with Gasteiger partial charge in [0.25, 0.3) is 10.0 Å². The van der Waals surface area contributed by atoms with E-state index in [1.165, 1.54) is 0 Å². The Balaban J connectivity index is 2.52. The van der Waals surface area contributed by atoms with Crippen LogP contribution in [0.4, 0.5) is 0 Å². The lowest BCUT2D eigenvalue weighted by molar-refractivity contribution is 0.582. The second-order valence-electron chi connectivity index (χ2n) is 3.84. The Morgan fingerprint density at radius 3 is 2.94 bits per heavy atom. The molecule has 7 heteroatoms. The van der Waals surface area contributed by atoms with E-state index in [1.807, 2.05) is 0 Å². The van der Waals surface area contributed by atoms with Crippen molar-refractivity contribution in [2.24, 2.45) is 0 Å². The molecule has 0 radical (unpaired) electrons. The second kappa shape index (κ2) is 2.60. The third-order valence-corrected chi connectivity index (χ3v) is 4.88. The van der Waals surface area contributed by atoms with E-state index in [2.05, 4.69) is 10.3 Å². The Morgan fingerprint density at radius 2 is 2.12 bits per heavy atom. The molecule has 0 bridgehead atoms. The summed E-state index contributed by atoms with van der Waals surface area (Å²) < 4.78 is 25.3. The molecule has 0 saturated carbocycles. The van der Waals surface area contributed by atoms with Gasteiger partial charge in [-0.1, -0.05) is 28.9 Å². The molecule has 0 aliphatic carbocycles. The first-order valence-electron chi connectivity index (χ1n) is 4.83. The summed E-state index contributed by atoms with van der Waals surface area (Å²) in [4.78, 5) is 0.243. The predicted octanol–water partition coefficient (Wildman–Crippen LogP) is 1.79. The van der Waals surface area contributed by atoms with Gasteiger partial charge in [0, 0.05) is 10.8 Å². The Kier molecular flexibility index (Phi) is 1.43. The minimum Gasteiger partial charge on any atom is -0.199 e. The lowest BCUT2D eigenvalue weighted by atomic mass is 10.1. The zero-order valence-electron chi connectivity index (χ0n) is 8.25. The minimum absolute atomic E-state index is 0.243. The van der Waals surface area contributed by atoms with Crippen LogP contribution in [0.2, 0.25) is 5.02 Å². The van der Waals surface area contributed by atoms with Crippen LogP contribution in [-0.2, 0) is 10.0 Å². The van der Waals surface area contributed by atoms with E-state index in [0.29, 0.717) is 26.8 Å². The molecule has 0 saturated heterocycles. The van der Waals surface area contributed by atoms with Gasteiger partial charge >= 0.3 is 0 Å². The summed E-state index contributed by atoms with van der Waals surface area (Å²) in [6.45, 7) is 0. The van der Waals surface area contributed by atoms with Crippen LogP contribution in [0.1, 0.15) is 0 Å². The number of hydrogen-bond donors (Lipinski definition) is 0. The summed E-state index contributed by atoms with van der Waals surface area (Å²) in [5, 5.41) is 9.30. The highest BCUT2D eigenvalue weighted by molar-refractivity contribution is 7.90. The lowest BCUT2D eigenvalue weighted by Crippen LogP contribution is -2.09. The zero-order chi connectivity index (χ0) is 11.8. The number of hydrogen-bond acceptors (Lipinski definition) is 4. The first-order valence-corrected chi connectivity index (χ1v) is 6.65. The SMILES string of the molecule is O=S1(=O)c2cccc3c(Cl)cc4nnn1c4c23. The van der Waals surface area contributed by atoms with Crippen molar-refractivity contribution in [2.45, 2.75) is 4.90 Å². The maximum Gasteiger partial charge on any atom is 0.285 e. The Morgan fingerprint density at radius 1 is 1.29 bits per heavy atom. The summed E-state index contributed by atoms with van der Waals surface area (Å²) in [6.07, 6.45) is 0. The van der Waals surface area contributed by atoms with Crippen molar-refractivity contribution in [3.05, 3.63) is 29.3 Å². The van der Waals surface area contributed by atoms with Crippen LogP contribution in [0.15, 0.2) is 29.2 Å². The fourth-order valence-corrected chi connectivity index (χ4v) is 3.97. The highest BCUT2D eigenvalue weighted by Crippen LogP contribution is 2.40. The van der Waals surface area contributed by atoms with Crippen molar-refractivity contribution >= 4 is 43.4 Å². The van der Waals surface area contributed by atoms with Gasteiger partial charge in [0.15, 0.2) is 0 Å². The summed E-state index contributed by atoms with van der Waals surface area (Å²) in [7, 11) is -3.60.